The molecule has 0 aliphatic rings. The van der Waals surface area contributed by atoms with Crippen LogP contribution < -0.4 is 0 Å². The van der Waals surface area contributed by atoms with Gasteiger partial charge in [0.2, 0.25) is 0 Å². The highest BCUT2D eigenvalue weighted by Crippen LogP contribution is 2.30. The zero-order valence-corrected chi connectivity index (χ0v) is 12.7. The molecule has 19 heavy (non-hydrogen) atoms. The molecule has 0 saturated carbocycles. The van der Waals surface area contributed by atoms with Gasteiger partial charge in [0.15, 0.2) is 0 Å². The number of carboxylic acids is 1. The molecule has 1 N–H and O–H groups in total. The van der Waals surface area contributed by atoms with Gasteiger partial charge in [0.1, 0.15) is 5.69 Å². The van der Waals surface area contributed by atoms with Crippen molar-refractivity contribution in [2.45, 2.75) is 19.9 Å². The molecule has 0 spiro atoms. The second-order valence-corrected chi connectivity index (χ2v) is 5.45. The van der Waals surface area contributed by atoms with Crippen molar-refractivity contribution in [1.29, 1.82) is 0 Å². The smallest absolute Gasteiger partial charge is 0.352 e. The van der Waals surface area contributed by atoms with Crippen molar-refractivity contribution in [2.75, 3.05) is 0 Å². The summed E-state index contributed by atoms with van der Waals surface area (Å²) in [6.07, 6.45) is 0.872. The summed E-state index contributed by atoms with van der Waals surface area (Å²) < 4.78 is 2.62. The molecule has 0 saturated heterocycles. The highest BCUT2D eigenvalue weighted by atomic mass is 79.9. The van der Waals surface area contributed by atoms with Gasteiger partial charge < -0.3 is 9.67 Å². The molecule has 0 fully saturated rings. The SMILES string of the molecule is CCCn1c(C(=O)O)ccc1-c1ccc(Cl)c(Br)c1. The molecule has 100 valence electrons. The number of hydrogen-bond acceptors (Lipinski definition) is 1. The van der Waals surface area contributed by atoms with Gasteiger partial charge in [0.25, 0.3) is 0 Å². The zero-order chi connectivity index (χ0) is 14.0. The Morgan fingerprint density at radius 3 is 2.68 bits per heavy atom. The summed E-state index contributed by atoms with van der Waals surface area (Å²) in [4.78, 5) is 11.2. The summed E-state index contributed by atoms with van der Waals surface area (Å²) in [7, 11) is 0. The Hall–Kier alpha value is -1.26. The summed E-state index contributed by atoms with van der Waals surface area (Å²) in [5, 5.41) is 9.84. The number of aromatic nitrogens is 1. The first-order chi connectivity index (χ1) is 9.04. The summed E-state index contributed by atoms with van der Waals surface area (Å²) in [6, 6.07) is 9.05. The minimum atomic E-state index is -0.910. The van der Waals surface area contributed by atoms with Crippen molar-refractivity contribution in [3.05, 3.63) is 45.5 Å². The minimum absolute atomic E-state index is 0.308. The molecule has 1 aromatic carbocycles. The van der Waals surface area contributed by atoms with Crippen molar-refractivity contribution < 1.29 is 9.90 Å². The van der Waals surface area contributed by atoms with Crippen LogP contribution in [-0.4, -0.2) is 15.6 Å². The van der Waals surface area contributed by atoms with E-state index in [2.05, 4.69) is 15.9 Å². The quantitative estimate of drug-likeness (QED) is 0.876. The number of nitrogens with zero attached hydrogens (tertiary/aromatic N) is 1. The van der Waals surface area contributed by atoms with Crippen molar-refractivity contribution in [3.8, 4) is 11.3 Å². The largest absolute Gasteiger partial charge is 0.477 e. The first kappa shape index (κ1) is 14.2. The van der Waals surface area contributed by atoms with E-state index in [4.69, 9.17) is 11.6 Å². The average molecular weight is 343 g/mol. The maximum Gasteiger partial charge on any atom is 0.352 e. The molecule has 0 aliphatic carbocycles. The molecular weight excluding hydrogens is 330 g/mol. The van der Waals surface area contributed by atoms with E-state index in [1.54, 1.807) is 12.1 Å². The van der Waals surface area contributed by atoms with Crippen LogP contribution in [-0.2, 0) is 6.54 Å². The molecule has 3 nitrogen and oxygen atoms in total. The maximum atomic E-state index is 11.2. The normalized spacial score (nSPS) is 10.7. The number of aromatic carboxylic acids is 1. The summed E-state index contributed by atoms with van der Waals surface area (Å²) in [5.41, 5.74) is 2.14. The Morgan fingerprint density at radius 1 is 1.37 bits per heavy atom. The summed E-state index contributed by atoms with van der Waals surface area (Å²) >= 11 is 9.36. The second kappa shape index (κ2) is 5.80. The third-order valence-electron chi connectivity index (χ3n) is 2.86. The van der Waals surface area contributed by atoms with Crippen LogP contribution in [0.5, 0.6) is 0 Å². The Bertz CT molecular complexity index is 622. The molecule has 0 amide bonds. The van der Waals surface area contributed by atoms with Crippen LogP contribution in [0.2, 0.25) is 5.02 Å². The number of benzene rings is 1. The van der Waals surface area contributed by atoms with E-state index in [0.717, 1.165) is 22.2 Å². The van der Waals surface area contributed by atoms with Crippen LogP contribution in [0.1, 0.15) is 23.8 Å². The van der Waals surface area contributed by atoms with Crippen molar-refractivity contribution >= 4 is 33.5 Å². The van der Waals surface area contributed by atoms with Gasteiger partial charge in [0.05, 0.1) is 5.02 Å². The lowest BCUT2D eigenvalue weighted by atomic mass is 10.1. The van der Waals surface area contributed by atoms with Gasteiger partial charge in [-0.05, 0) is 52.2 Å². The monoisotopic (exact) mass is 341 g/mol. The van der Waals surface area contributed by atoms with E-state index in [1.807, 2.05) is 29.7 Å². The van der Waals surface area contributed by atoms with E-state index in [-0.39, 0.29) is 0 Å². The van der Waals surface area contributed by atoms with Gasteiger partial charge in [-0.1, -0.05) is 24.6 Å². The van der Waals surface area contributed by atoms with E-state index in [1.165, 1.54) is 0 Å². The van der Waals surface area contributed by atoms with Crippen molar-refractivity contribution in [1.82, 2.24) is 4.57 Å². The first-order valence-corrected chi connectivity index (χ1v) is 7.10. The fourth-order valence-corrected chi connectivity index (χ4v) is 2.52. The Kier molecular flexibility index (Phi) is 4.32. The molecule has 0 bridgehead atoms. The number of carbonyl (C=O) groups is 1. The highest BCUT2D eigenvalue weighted by Gasteiger charge is 2.15. The van der Waals surface area contributed by atoms with E-state index in [0.29, 0.717) is 17.3 Å². The molecule has 0 radical (unpaired) electrons. The molecule has 1 heterocycles. The van der Waals surface area contributed by atoms with E-state index >= 15 is 0 Å². The number of hydrogen-bond donors (Lipinski definition) is 1. The van der Waals surface area contributed by atoms with Crippen LogP contribution in [0.15, 0.2) is 34.8 Å². The summed E-state index contributed by atoms with van der Waals surface area (Å²) in [6.45, 7) is 2.69. The predicted molar refractivity (Wildman–Crippen MR) is 79.8 cm³/mol. The minimum Gasteiger partial charge on any atom is -0.477 e. The number of carboxylic acid groups (broad SMARTS) is 1. The molecule has 2 rings (SSSR count). The van der Waals surface area contributed by atoms with Crippen molar-refractivity contribution in [3.63, 3.8) is 0 Å². The molecular formula is C14H13BrClNO2. The molecule has 5 heteroatoms. The lowest BCUT2D eigenvalue weighted by Gasteiger charge is -2.11. The molecule has 0 atom stereocenters. The van der Waals surface area contributed by atoms with Crippen LogP contribution in [0.4, 0.5) is 0 Å². The second-order valence-electron chi connectivity index (χ2n) is 4.19. The molecule has 0 unspecified atom stereocenters. The van der Waals surface area contributed by atoms with Crippen LogP contribution in [0.25, 0.3) is 11.3 Å². The number of rotatable bonds is 4. The van der Waals surface area contributed by atoms with E-state index in [9.17, 15) is 9.90 Å². The van der Waals surface area contributed by atoms with Gasteiger partial charge in [-0.25, -0.2) is 4.79 Å². The predicted octanol–water partition coefficient (Wildman–Crippen LogP) is 4.68. The van der Waals surface area contributed by atoms with Crippen LogP contribution in [0.3, 0.4) is 0 Å². The van der Waals surface area contributed by atoms with Crippen molar-refractivity contribution in [2.24, 2.45) is 0 Å². The Labute approximate surface area is 124 Å². The molecule has 1 aromatic heterocycles. The lowest BCUT2D eigenvalue weighted by Crippen LogP contribution is -2.09. The maximum absolute atomic E-state index is 11.2. The highest BCUT2D eigenvalue weighted by molar-refractivity contribution is 9.10. The lowest BCUT2D eigenvalue weighted by molar-refractivity contribution is 0.0685. The number of halogens is 2. The van der Waals surface area contributed by atoms with Gasteiger partial charge in [-0.3, -0.25) is 0 Å². The van der Waals surface area contributed by atoms with Crippen LogP contribution >= 0.6 is 27.5 Å². The van der Waals surface area contributed by atoms with Gasteiger partial charge in [-0.15, -0.1) is 0 Å². The third kappa shape index (κ3) is 2.85. The fourth-order valence-electron chi connectivity index (χ4n) is 2.03. The van der Waals surface area contributed by atoms with Gasteiger partial charge in [-0.2, -0.15) is 0 Å². The fraction of sp³-hybridized carbons (Fsp3) is 0.214. The van der Waals surface area contributed by atoms with Crippen LogP contribution in [0, 0.1) is 0 Å². The van der Waals surface area contributed by atoms with Gasteiger partial charge >= 0.3 is 5.97 Å². The zero-order valence-electron chi connectivity index (χ0n) is 10.4. The molecule has 0 aliphatic heterocycles. The Morgan fingerprint density at radius 2 is 2.11 bits per heavy atom. The topological polar surface area (TPSA) is 42.2 Å². The average Bonchev–Trinajstić information content (AvgIpc) is 2.77. The standard InChI is InChI=1S/C14H13BrClNO2/c1-2-7-17-12(5-6-13(17)14(18)19)9-3-4-11(16)10(15)8-9/h3-6,8H,2,7H2,1H3,(H,18,19). The Balaban J connectivity index is 2.55. The van der Waals surface area contributed by atoms with Gasteiger partial charge in [0, 0.05) is 16.7 Å². The molecule has 2 aromatic rings. The van der Waals surface area contributed by atoms with E-state index < -0.39 is 5.97 Å². The summed E-state index contributed by atoms with van der Waals surface area (Å²) in [5.74, 6) is -0.910. The third-order valence-corrected chi connectivity index (χ3v) is 4.08. The first-order valence-electron chi connectivity index (χ1n) is 5.92.